The molecule has 2 aliphatic rings. The van der Waals surface area contributed by atoms with Crippen molar-refractivity contribution in [2.24, 2.45) is 17.3 Å². The van der Waals surface area contributed by atoms with Crippen LogP contribution in [-0.4, -0.2) is 37.1 Å². The van der Waals surface area contributed by atoms with Crippen LogP contribution in [0.1, 0.15) is 66.2 Å². The first-order valence-electron chi connectivity index (χ1n) is 8.94. The minimum Gasteiger partial charge on any atom is -0.313 e. The first kappa shape index (κ1) is 16.3. The van der Waals surface area contributed by atoms with Crippen molar-refractivity contribution >= 4 is 0 Å². The van der Waals surface area contributed by atoms with Gasteiger partial charge in [-0.05, 0) is 68.9 Å². The smallest absolute Gasteiger partial charge is 0.0195 e. The second-order valence-electron chi connectivity index (χ2n) is 8.23. The van der Waals surface area contributed by atoms with Gasteiger partial charge in [-0.3, -0.25) is 0 Å². The molecule has 1 atom stereocenters. The summed E-state index contributed by atoms with van der Waals surface area (Å²) in [6.45, 7) is 14.7. The van der Waals surface area contributed by atoms with E-state index >= 15 is 0 Å². The van der Waals surface area contributed by atoms with Crippen LogP contribution in [0.4, 0.5) is 0 Å². The van der Waals surface area contributed by atoms with Crippen LogP contribution in [0.5, 0.6) is 0 Å². The lowest BCUT2D eigenvalue weighted by Gasteiger charge is -2.38. The Morgan fingerprint density at radius 2 is 1.70 bits per heavy atom. The summed E-state index contributed by atoms with van der Waals surface area (Å²) in [5, 5.41) is 3.64. The molecule has 0 aromatic heterocycles. The molecule has 0 bridgehead atoms. The topological polar surface area (TPSA) is 15.3 Å². The normalized spacial score (nSPS) is 31.9. The average Bonchev–Trinajstić information content (AvgIpc) is 2.90. The molecular weight excluding hydrogens is 244 g/mol. The molecule has 2 heteroatoms. The van der Waals surface area contributed by atoms with Gasteiger partial charge < -0.3 is 10.2 Å². The molecule has 1 aliphatic carbocycles. The number of hydrogen-bond acceptors (Lipinski definition) is 2. The van der Waals surface area contributed by atoms with Crippen LogP contribution >= 0.6 is 0 Å². The lowest BCUT2D eigenvalue weighted by Crippen LogP contribution is -2.40. The van der Waals surface area contributed by atoms with Crippen LogP contribution in [0.25, 0.3) is 0 Å². The van der Waals surface area contributed by atoms with Gasteiger partial charge in [-0.15, -0.1) is 0 Å². The predicted molar refractivity (Wildman–Crippen MR) is 88.0 cm³/mol. The SMILES string of the molecule is CCN(CC1CCC(C(C)(C)C)CC1)CC1CCCN1. The molecule has 1 unspecified atom stereocenters. The van der Waals surface area contributed by atoms with Crippen LogP contribution in [-0.2, 0) is 0 Å². The zero-order chi connectivity index (χ0) is 14.6. The van der Waals surface area contributed by atoms with Crippen LogP contribution in [0.2, 0.25) is 0 Å². The molecule has 0 aromatic carbocycles. The van der Waals surface area contributed by atoms with Crippen LogP contribution < -0.4 is 5.32 Å². The zero-order valence-electron chi connectivity index (χ0n) is 14.3. The third kappa shape index (κ3) is 4.73. The van der Waals surface area contributed by atoms with Gasteiger partial charge in [0.15, 0.2) is 0 Å². The van der Waals surface area contributed by atoms with E-state index in [0.717, 1.165) is 17.9 Å². The second-order valence-corrected chi connectivity index (χ2v) is 8.23. The number of likely N-dealkylation sites (N-methyl/N-ethyl adjacent to an activating group) is 1. The molecule has 1 heterocycles. The van der Waals surface area contributed by atoms with Gasteiger partial charge in [0.2, 0.25) is 0 Å². The third-order valence-electron chi connectivity index (χ3n) is 5.68. The van der Waals surface area contributed by atoms with E-state index in [1.165, 1.54) is 64.7 Å². The van der Waals surface area contributed by atoms with E-state index in [0.29, 0.717) is 5.41 Å². The van der Waals surface area contributed by atoms with Gasteiger partial charge >= 0.3 is 0 Å². The average molecular weight is 280 g/mol. The Bertz CT molecular complexity index is 268. The van der Waals surface area contributed by atoms with E-state index in [1.807, 2.05) is 0 Å². The molecular formula is C18H36N2. The fraction of sp³-hybridized carbons (Fsp3) is 1.00. The van der Waals surface area contributed by atoms with Gasteiger partial charge in [0, 0.05) is 19.1 Å². The highest BCUT2D eigenvalue weighted by atomic mass is 15.1. The molecule has 2 nitrogen and oxygen atoms in total. The number of nitrogens with one attached hydrogen (secondary N) is 1. The standard InChI is InChI=1S/C18H36N2/c1-5-20(14-17-7-6-12-19-17)13-15-8-10-16(11-9-15)18(2,3)4/h15-17,19H,5-14H2,1-4H3. The molecule has 0 spiro atoms. The maximum Gasteiger partial charge on any atom is 0.0195 e. The maximum atomic E-state index is 3.64. The predicted octanol–water partition coefficient (Wildman–Crippen LogP) is 3.91. The summed E-state index contributed by atoms with van der Waals surface area (Å²) in [7, 11) is 0. The minimum atomic E-state index is 0.517. The zero-order valence-corrected chi connectivity index (χ0v) is 14.3. The van der Waals surface area contributed by atoms with Crippen molar-refractivity contribution in [1.82, 2.24) is 10.2 Å². The van der Waals surface area contributed by atoms with Gasteiger partial charge in [0.25, 0.3) is 0 Å². The molecule has 1 saturated heterocycles. The van der Waals surface area contributed by atoms with Crippen molar-refractivity contribution in [3.05, 3.63) is 0 Å². The Balaban J connectivity index is 1.72. The summed E-state index contributed by atoms with van der Waals surface area (Å²) >= 11 is 0. The van der Waals surface area contributed by atoms with Gasteiger partial charge in [-0.25, -0.2) is 0 Å². The van der Waals surface area contributed by atoms with Crippen molar-refractivity contribution < 1.29 is 0 Å². The molecule has 118 valence electrons. The van der Waals surface area contributed by atoms with E-state index in [2.05, 4.69) is 37.9 Å². The molecule has 2 rings (SSSR count). The summed E-state index contributed by atoms with van der Waals surface area (Å²) in [5.41, 5.74) is 0.517. The first-order chi connectivity index (χ1) is 9.49. The first-order valence-corrected chi connectivity index (χ1v) is 8.94. The van der Waals surface area contributed by atoms with E-state index < -0.39 is 0 Å². The quantitative estimate of drug-likeness (QED) is 0.821. The summed E-state index contributed by atoms with van der Waals surface area (Å²) in [6, 6.07) is 0.765. The molecule has 1 aliphatic heterocycles. The molecule has 20 heavy (non-hydrogen) atoms. The van der Waals surface area contributed by atoms with Gasteiger partial charge in [0.05, 0.1) is 0 Å². The van der Waals surface area contributed by atoms with E-state index in [9.17, 15) is 0 Å². The van der Waals surface area contributed by atoms with Crippen LogP contribution in [0.3, 0.4) is 0 Å². The summed E-state index contributed by atoms with van der Waals surface area (Å²) in [6.07, 6.45) is 8.57. The Kier molecular flexibility index (Phi) is 5.92. The molecule has 1 N–H and O–H groups in total. The molecule has 1 saturated carbocycles. The Labute approximate surface area is 126 Å². The highest BCUT2D eigenvalue weighted by Crippen LogP contribution is 2.39. The third-order valence-corrected chi connectivity index (χ3v) is 5.68. The molecule has 2 fully saturated rings. The van der Waals surface area contributed by atoms with E-state index in [-0.39, 0.29) is 0 Å². The Morgan fingerprint density at radius 3 is 2.20 bits per heavy atom. The highest BCUT2D eigenvalue weighted by molar-refractivity contribution is 4.83. The van der Waals surface area contributed by atoms with Crippen LogP contribution in [0, 0.1) is 17.3 Å². The largest absolute Gasteiger partial charge is 0.313 e. The minimum absolute atomic E-state index is 0.517. The Morgan fingerprint density at radius 1 is 1.00 bits per heavy atom. The van der Waals surface area contributed by atoms with Gasteiger partial charge in [-0.1, -0.05) is 27.7 Å². The summed E-state index contributed by atoms with van der Waals surface area (Å²) in [5.74, 6) is 1.90. The van der Waals surface area contributed by atoms with Crippen LogP contribution in [0.15, 0.2) is 0 Å². The molecule has 0 amide bonds. The van der Waals surface area contributed by atoms with Gasteiger partial charge in [0.1, 0.15) is 0 Å². The Hall–Kier alpha value is -0.0800. The summed E-state index contributed by atoms with van der Waals surface area (Å²) < 4.78 is 0. The maximum absolute atomic E-state index is 3.64. The second kappa shape index (κ2) is 7.26. The molecule has 0 radical (unpaired) electrons. The number of hydrogen-bond donors (Lipinski definition) is 1. The monoisotopic (exact) mass is 280 g/mol. The van der Waals surface area contributed by atoms with Gasteiger partial charge in [-0.2, -0.15) is 0 Å². The number of nitrogens with zero attached hydrogens (tertiary/aromatic N) is 1. The van der Waals surface area contributed by atoms with Crippen molar-refractivity contribution in [1.29, 1.82) is 0 Å². The van der Waals surface area contributed by atoms with Crippen molar-refractivity contribution in [2.45, 2.75) is 72.3 Å². The van der Waals surface area contributed by atoms with Crippen molar-refractivity contribution in [3.63, 3.8) is 0 Å². The summed E-state index contributed by atoms with van der Waals surface area (Å²) in [4.78, 5) is 2.70. The fourth-order valence-corrected chi connectivity index (χ4v) is 4.13. The number of rotatable bonds is 5. The van der Waals surface area contributed by atoms with Crippen molar-refractivity contribution in [3.8, 4) is 0 Å². The lowest BCUT2D eigenvalue weighted by molar-refractivity contribution is 0.123. The lowest BCUT2D eigenvalue weighted by atomic mass is 9.70. The fourth-order valence-electron chi connectivity index (χ4n) is 4.13. The van der Waals surface area contributed by atoms with E-state index in [1.54, 1.807) is 0 Å². The van der Waals surface area contributed by atoms with E-state index in [4.69, 9.17) is 0 Å². The highest BCUT2D eigenvalue weighted by Gasteiger charge is 2.30. The van der Waals surface area contributed by atoms with Crippen molar-refractivity contribution in [2.75, 3.05) is 26.2 Å². The molecule has 0 aromatic rings.